The molecular weight excluding hydrogens is 405 g/mol. The molecule has 0 unspecified atom stereocenters. The van der Waals surface area contributed by atoms with Gasteiger partial charge in [-0.25, -0.2) is 4.39 Å². The van der Waals surface area contributed by atoms with Crippen molar-refractivity contribution in [3.8, 4) is 0 Å². The first-order valence-electron chi connectivity index (χ1n) is 8.30. The van der Waals surface area contributed by atoms with Crippen LogP contribution in [-0.4, -0.2) is 40.0 Å². The molecule has 0 radical (unpaired) electrons. The molecule has 1 aliphatic rings. The molecule has 3 rings (SSSR count). The molecule has 2 heterocycles. The van der Waals surface area contributed by atoms with E-state index in [1.165, 1.54) is 18.2 Å². The van der Waals surface area contributed by atoms with Crippen molar-refractivity contribution in [3.05, 3.63) is 69.6 Å². The molecule has 0 spiro atoms. The zero-order chi connectivity index (χ0) is 20.1. The molecule has 0 atom stereocenters. The quantitative estimate of drug-likeness (QED) is 0.727. The summed E-state index contributed by atoms with van der Waals surface area (Å²) in [5.74, 6) is -1.44. The van der Waals surface area contributed by atoms with E-state index >= 15 is 0 Å². The van der Waals surface area contributed by atoms with E-state index in [-0.39, 0.29) is 30.1 Å². The first kappa shape index (κ1) is 20.0. The molecule has 1 fully saturated rings. The molecule has 0 saturated carbocycles. The van der Waals surface area contributed by atoms with E-state index in [1.807, 2.05) is 0 Å². The first-order chi connectivity index (χ1) is 13.5. The van der Waals surface area contributed by atoms with E-state index in [2.05, 4.69) is 10.3 Å². The molecule has 6 nitrogen and oxygen atoms in total. The maximum atomic E-state index is 13.7. The number of nitrogens with one attached hydrogen (secondary N) is 1. The number of thioether (sulfide) groups is 1. The standard InChI is InChI=1S/C19H15ClFN3O3S/c20-14-4-1-5-15(21)13(14)10-17(25)23-7-8-24-18(26)16(28-19(24)27)9-12-3-2-6-22-11-12/h1-6,9,11H,7-8,10H2,(H,23,25)/b16-9+. The maximum Gasteiger partial charge on any atom is 0.293 e. The molecule has 28 heavy (non-hydrogen) atoms. The summed E-state index contributed by atoms with van der Waals surface area (Å²) in [7, 11) is 0. The lowest BCUT2D eigenvalue weighted by atomic mass is 10.1. The van der Waals surface area contributed by atoms with Gasteiger partial charge in [0.25, 0.3) is 11.1 Å². The van der Waals surface area contributed by atoms with Crippen LogP contribution in [0, 0.1) is 5.82 Å². The Labute approximate surface area is 169 Å². The molecule has 1 saturated heterocycles. The minimum Gasteiger partial charge on any atom is -0.354 e. The summed E-state index contributed by atoms with van der Waals surface area (Å²) in [6.45, 7) is 0.0783. The number of carbonyl (C=O) groups excluding carboxylic acids is 3. The number of imide groups is 1. The smallest absolute Gasteiger partial charge is 0.293 e. The van der Waals surface area contributed by atoms with E-state index in [1.54, 1.807) is 30.6 Å². The van der Waals surface area contributed by atoms with Gasteiger partial charge in [-0.1, -0.05) is 23.7 Å². The van der Waals surface area contributed by atoms with Crippen LogP contribution in [0.15, 0.2) is 47.6 Å². The Morgan fingerprint density at radius 2 is 2.11 bits per heavy atom. The van der Waals surface area contributed by atoms with E-state index in [4.69, 9.17) is 11.6 Å². The second kappa shape index (κ2) is 8.99. The van der Waals surface area contributed by atoms with Crippen molar-refractivity contribution < 1.29 is 18.8 Å². The Balaban J connectivity index is 1.55. The first-order valence-corrected chi connectivity index (χ1v) is 9.50. The van der Waals surface area contributed by atoms with E-state index in [0.29, 0.717) is 10.5 Å². The number of rotatable bonds is 6. The summed E-state index contributed by atoms with van der Waals surface area (Å²) < 4.78 is 13.7. The average Bonchev–Trinajstić information content (AvgIpc) is 2.93. The molecule has 1 N–H and O–H groups in total. The van der Waals surface area contributed by atoms with Crippen molar-refractivity contribution in [1.82, 2.24) is 15.2 Å². The molecule has 1 aromatic carbocycles. The fraction of sp³-hybridized carbons (Fsp3) is 0.158. The van der Waals surface area contributed by atoms with Crippen molar-refractivity contribution in [2.75, 3.05) is 13.1 Å². The van der Waals surface area contributed by atoms with Gasteiger partial charge in [0, 0.05) is 36.1 Å². The van der Waals surface area contributed by atoms with Gasteiger partial charge in [-0.3, -0.25) is 24.3 Å². The largest absolute Gasteiger partial charge is 0.354 e. The van der Waals surface area contributed by atoms with E-state index < -0.39 is 22.9 Å². The lowest BCUT2D eigenvalue weighted by Crippen LogP contribution is -2.37. The topological polar surface area (TPSA) is 79.4 Å². The van der Waals surface area contributed by atoms with Gasteiger partial charge >= 0.3 is 0 Å². The molecule has 144 valence electrons. The van der Waals surface area contributed by atoms with Crippen molar-refractivity contribution >= 4 is 46.5 Å². The Bertz CT molecular complexity index is 932. The molecule has 9 heteroatoms. The van der Waals surface area contributed by atoms with E-state index in [0.717, 1.165) is 16.7 Å². The fourth-order valence-corrected chi connectivity index (χ4v) is 3.63. The van der Waals surface area contributed by atoms with Gasteiger partial charge in [0.15, 0.2) is 0 Å². The second-order valence-electron chi connectivity index (χ2n) is 5.85. The van der Waals surface area contributed by atoms with Gasteiger partial charge in [0.2, 0.25) is 5.91 Å². The van der Waals surface area contributed by atoms with Crippen molar-refractivity contribution in [1.29, 1.82) is 0 Å². The van der Waals surface area contributed by atoms with Crippen molar-refractivity contribution in [3.63, 3.8) is 0 Å². The highest BCUT2D eigenvalue weighted by atomic mass is 35.5. The Kier molecular flexibility index (Phi) is 6.43. The number of benzene rings is 1. The van der Waals surface area contributed by atoms with E-state index in [9.17, 15) is 18.8 Å². The number of aromatic nitrogens is 1. The normalized spacial score (nSPS) is 15.4. The van der Waals surface area contributed by atoms with Gasteiger partial charge in [0.1, 0.15) is 5.82 Å². The zero-order valence-corrected chi connectivity index (χ0v) is 16.1. The predicted molar refractivity (Wildman–Crippen MR) is 105 cm³/mol. The summed E-state index contributed by atoms with van der Waals surface area (Å²) in [5, 5.41) is 2.33. The molecular formula is C19H15ClFN3O3S. The minimum absolute atomic E-state index is 0.0196. The predicted octanol–water partition coefficient (Wildman–Crippen LogP) is 3.27. The molecule has 0 bridgehead atoms. The number of carbonyl (C=O) groups is 3. The monoisotopic (exact) mass is 419 g/mol. The Morgan fingerprint density at radius 3 is 2.82 bits per heavy atom. The van der Waals surface area contributed by atoms with Crippen molar-refractivity contribution in [2.45, 2.75) is 6.42 Å². The summed E-state index contributed by atoms with van der Waals surface area (Å²) in [5.41, 5.74) is 0.815. The highest BCUT2D eigenvalue weighted by Gasteiger charge is 2.34. The van der Waals surface area contributed by atoms with Gasteiger partial charge in [0.05, 0.1) is 11.3 Å². The third-order valence-corrected chi connectivity index (χ3v) is 5.17. The minimum atomic E-state index is -0.561. The molecule has 0 aliphatic carbocycles. The van der Waals surface area contributed by atoms with Crippen LogP contribution in [-0.2, 0) is 16.0 Å². The van der Waals surface area contributed by atoms with Crippen molar-refractivity contribution in [2.24, 2.45) is 0 Å². The average molecular weight is 420 g/mol. The second-order valence-corrected chi connectivity index (χ2v) is 7.25. The number of hydrogen-bond donors (Lipinski definition) is 1. The summed E-state index contributed by atoms with van der Waals surface area (Å²) in [4.78, 5) is 41.8. The van der Waals surface area contributed by atoms with Crippen LogP contribution in [0.4, 0.5) is 9.18 Å². The third-order valence-electron chi connectivity index (χ3n) is 3.91. The van der Waals surface area contributed by atoms with Crippen LogP contribution in [0.1, 0.15) is 11.1 Å². The third kappa shape index (κ3) is 4.76. The van der Waals surface area contributed by atoms with Gasteiger partial charge in [-0.2, -0.15) is 0 Å². The van der Waals surface area contributed by atoms with Crippen LogP contribution in [0.5, 0.6) is 0 Å². The summed E-state index contributed by atoms with van der Waals surface area (Å²) >= 11 is 6.73. The number of halogens is 2. The van der Waals surface area contributed by atoms with Crippen LogP contribution in [0.3, 0.4) is 0 Å². The van der Waals surface area contributed by atoms with Gasteiger partial charge < -0.3 is 5.32 Å². The molecule has 1 aromatic heterocycles. The summed E-state index contributed by atoms with van der Waals surface area (Å²) in [6, 6.07) is 7.69. The Morgan fingerprint density at radius 1 is 1.29 bits per heavy atom. The lowest BCUT2D eigenvalue weighted by molar-refractivity contribution is -0.124. The summed E-state index contributed by atoms with van der Waals surface area (Å²) in [6.07, 6.45) is 4.56. The molecule has 3 amide bonds. The fourth-order valence-electron chi connectivity index (χ4n) is 2.54. The van der Waals surface area contributed by atoms with Gasteiger partial charge in [-0.15, -0.1) is 0 Å². The number of hydrogen-bond acceptors (Lipinski definition) is 5. The molecule has 1 aliphatic heterocycles. The molecule has 2 aromatic rings. The van der Waals surface area contributed by atoms with Crippen LogP contribution < -0.4 is 5.32 Å². The number of pyridine rings is 1. The van der Waals surface area contributed by atoms with Crippen LogP contribution in [0.25, 0.3) is 6.08 Å². The van der Waals surface area contributed by atoms with Crippen LogP contribution in [0.2, 0.25) is 5.02 Å². The number of amides is 3. The lowest BCUT2D eigenvalue weighted by Gasteiger charge is -2.13. The Hall–Kier alpha value is -2.71. The number of nitrogens with zero attached hydrogens (tertiary/aromatic N) is 2. The highest BCUT2D eigenvalue weighted by molar-refractivity contribution is 8.18. The van der Waals surface area contributed by atoms with Crippen LogP contribution >= 0.6 is 23.4 Å². The highest BCUT2D eigenvalue weighted by Crippen LogP contribution is 2.31. The SMILES string of the molecule is O=C(Cc1c(F)cccc1Cl)NCCN1C(=O)S/C(=C/c2cccnc2)C1=O. The zero-order valence-electron chi connectivity index (χ0n) is 14.5. The van der Waals surface area contributed by atoms with Gasteiger partial charge in [-0.05, 0) is 41.6 Å². The maximum absolute atomic E-state index is 13.7.